The summed E-state index contributed by atoms with van der Waals surface area (Å²) < 4.78 is 0. The predicted molar refractivity (Wildman–Crippen MR) is 155 cm³/mol. The highest BCUT2D eigenvalue weighted by molar-refractivity contribution is 6.47. The van der Waals surface area contributed by atoms with Crippen LogP contribution >= 0.6 is 23.2 Å². The number of aldehydes is 1. The molecule has 38 heavy (non-hydrogen) atoms. The number of aliphatic hydroxyl groups is 1. The summed E-state index contributed by atoms with van der Waals surface area (Å²) in [6.07, 6.45) is 4.48. The van der Waals surface area contributed by atoms with Crippen LogP contribution in [0.2, 0.25) is 10.0 Å². The minimum atomic E-state index is -0.592. The summed E-state index contributed by atoms with van der Waals surface area (Å²) in [5.74, 6) is 0.483. The Morgan fingerprint density at radius 3 is 2.16 bits per heavy atom. The molecule has 1 spiro atoms. The number of carbonyl (C=O) groups excluding carboxylic acids is 2. The maximum atomic E-state index is 13.9. The van der Waals surface area contributed by atoms with E-state index in [-0.39, 0.29) is 24.0 Å². The number of halogens is 2. The highest BCUT2D eigenvalue weighted by Gasteiger charge is 2.51. The van der Waals surface area contributed by atoms with E-state index in [0.717, 1.165) is 37.5 Å². The maximum absolute atomic E-state index is 13.9. The van der Waals surface area contributed by atoms with Gasteiger partial charge in [0.15, 0.2) is 0 Å². The number of likely N-dealkylation sites (N-methyl/N-ethyl adjacent to an activating group) is 1. The van der Waals surface area contributed by atoms with Gasteiger partial charge in [0, 0.05) is 27.7 Å². The van der Waals surface area contributed by atoms with Crippen molar-refractivity contribution < 1.29 is 14.7 Å². The van der Waals surface area contributed by atoms with Crippen LogP contribution in [0.15, 0.2) is 47.5 Å². The fraction of sp³-hybridized carbons (Fsp3) is 0.500. The third-order valence-electron chi connectivity index (χ3n) is 7.64. The van der Waals surface area contributed by atoms with Crippen LogP contribution in [0.25, 0.3) is 0 Å². The van der Waals surface area contributed by atoms with Crippen molar-refractivity contribution in [2.24, 2.45) is 16.3 Å². The average molecular weight is 561 g/mol. The fourth-order valence-electron chi connectivity index (χ4n) is 5.44. The topological polar surface area (TPSA) is 82.0 Å². The first-order valence-corrected chi connectivity index (χ1v) is 13.9. The molecule has 4 rings (SSSR count). The molecule has 6 nitrogen and oxygen atoms in total. The molecule has 0 bridgehead atoms. The van der Waals surface area contributed by atoms with Crippen LogP contribution in [0.4, 0.5) is 0 Å². The second-order valence-corrected chi connectivity index (χ2v) is 12.1. The number of hydrogen-bond donors (Lipinski definition) is 2. The number of benzene rings is 2. The smallest absolute Gasteiger partial charge is 0.275 e. The summed E-state index contributed by atoms with van der Waals surface area (Å²) >= 11 is 12.5. The summed E-state index contributed by atoms with van der Waals surface area (Å²) in [6, 6.07) is 12.4. The quantitative estimate of drug-likeness (QED) is 0.405. The summed E-state index contributed by atoms with van der Waals surface area (Å²) in [5.41, 5.74) is 2.30. The van der Waals surface area contributed by atoms with Gasteiger partial charge in [-0.15, -0.1) is 0 Å². The Labute approximate surface area is 236 Å². The Morgan fingerprint density at radius 2 is 1.71 bits per heavy atom. The van der Waals surface area contributed by atoms with E-state index in [9.17, 15) is 9.59 Å². The second kappa shape index (κ2) is 12.7. The normalized spacial score (nSPS) is 22.1. The van der Waals surface area contributed by atoms with Crippen molar-refractivity contribution in [2.75, 3.05) is 20.2 Å². The summed E-state index contributed by atoms with van der Waals surface area (Å²) in [6.45, 7) is 9.82. The van der Waals surface area contributed by atoms with Gasteiger partial charge in [-0.2, -0.15) is 0 Å². The summed E-state index contributed by atoms with van der Waals surface area (Å²) in [4.78, 5) is 32.0. The van der Waals surface area contributed by atoms with E-state index in [1.54, 1.807) is 37.4 Å². The average Bonchev–Trinajstić information content (AvgIpc) is 3.15. The van der Waals surface area contributed by atoms with Crippen LogP contribution < -0.4 is 5.32 Å². The molecular weight excluding hydrogens is 521 g/mol. The molecule has 1 atom stereocenters. The first-order chi connectivity index (χ1) is 18.0. The Kier molecular flexibility index (Phi) is 10.2. The lowest BCUT2D eigenvalue weighted by Gasteiger charge is -2.46. The van der Waals surface area contributed by atoms with Crippen molar-refractivity contribution in [3.8, 4) is 0 Å². The van der Waals surface area contributed by atoms with Crippen LogP contribution in [0.3, 0.4) is 0 Å². The lowest BCUT2D eigenvalue weighted by molar-refractivity contribution is -0.132. The van der Waals surface area contributed by atoms with Gasteiger partial charge in [0.05, 0.1) is 12.6 Å². The van der Waals surface area contributed by atoms with Crippen LogP contribution in [0.1, 0.15) is 80.9 Å². The number of aliphatic imine (C=N–C) groups is 1. The monoisotopic (exact) mass is 559 g/mol. The van der Waals surface area contributed by atoms with E-state index in [1.807, 2.05) is 24.0 Å². The van der Waals surface area contributed by atoms with E-state index < -0.39 is 5.66 Å². The molecule has 1 fully saturated rings. The fourth-order valence-corrected chi connectivity index (χ4v) is 5.97. The number of nitrogens with zero attached hydrogens (tertiary/aromatic N) is 2. The number of rotatable bonds is 6. The SMILES string of the molecule is CC(c1ccc(C=O)cc1)N1C(=O)C(c2cc(Cl)cc(Cl)c2)=NC12CCC(C(C)(C)C)CC2.CNCCO. The van der Waals surface area contributed by atoms with E-state index in [0.29, 0.717) is 39.3 Å². The largest absolute Gasteiger partial charge is 0.395 e. The van der Waals surface area contributed by atoms with Crippen LogP contribution in [0, 0.1) is 11.3 Å². The molecule has 2 aromatic rings. The Hall–Kier alpha value is -2.25. The van der Waals surface area contributed by atoms with Gasteiger partial charge < -0.3 is 15.3 Å². The first-order valence-electron chi connectivity index (χ1n) is 13.2. The first kappa shape index (κ1) is 30.3. The number of carbonyl (C=O) groups is 2. The van der Waals surface area contributed by atoms with Gasteiger partial charge in [-0.25, -0.2) is 0 Å². The van der Waals surface area contributed by atoms with Crippen molar-refractivity contribution in [1.82, 2.24) is 10.2 Å². The van der Waals surface area contributed by atoms with Crippen LogP contribution in [-0.4, -0.2) is 53.8 Å². The molecule has 1 saturated carbocycles. The molecule has 1 aliphatic heterocycles. The minimum Gasteiger partial charge on any atom is -0.395 e. The molecule has 1 amide bonds. The van der Waals surface area contributed by atoms with Crippen LogP contribution in [0.5, 0.6) is 0 Å². The van der Waals surface area contributed by atoms with Gasteiger partial charge in [-0.1, -0.05) is 68.2 Å². The molecule has 0 saturated heterocycles. The Bertz CT molecular complexity index is 1130. The lowest BCUT2D eigenvalue weighted by Crippen LogP contribution is -2.50. The molecule has 1 heterocycles. The highest BCUT2D eigenvalue weighted by atomic mass is 35.5. The number of amides is 1. The third kappa shape index (κ3) is 6.84. The second-order valence-electron chi connectivity index (χ2n) is 11.2. The Balaban J connectivity index is 0.000000732. The zero-order valence-corrected chi connectivity index (χ0v) is 24.4. The number of hydrogen-bond acceptors (Lipinski definition) is 5. The molecule has 8 heteroatoms. The van der Waals surface area contributed by atoms with Crippen molar-refractivity contribution >= 4 is 41.1 Å². The van der Waals surface area contributed by atoms with Crippen molar-refractivity contribution in [3.05, 3.63) is 69.2 Å². The third-order valence-corrected chi connectivity index (χ3v) is 8.08. The lowest BCUT2D eigenvalue weighted by atomic mass is 9.69. The standard InChI is InChI=1S/C27H30Cl2N2O2.C3H9NO/c1-17(19-7-5-18(16-32)6-8-19)31-25(33)24(20-13-22(28)15-23(29)14-20)30-27(31)11-9-21(10-12-27)26(2,3)4;1-4-2-3-5/h5-8,13-17,21H,9-12H2,1-4H3;4-5H,2-3H2,1H3. The molecule has 1 aliphatic carbocycles. The summed E-state index contributed by atoms with van der Waals surface area (Å²) in [5, 5.41) is 11.7. The Morgan fingerprint density at radius 1 is 1.13 bits per heavy atom. The van der Waals surface area contributed by atoms with Crippen molar-refractivity contribution in [1.29, 1.82) is 0 Å². The molecule has 0 radical (unpaired) electrons. The van der Waals surface area contributed by atoms with Crippen molar-refractivity contribution in [2.45, 2.75) is 65.1 Å². The van der Waals surface area contributed by atoms with Gasteiger partial charge in [0.2, 0.25) is 0 Å². The molecular formula is C30H39Cl2N3O3. The van der Waals surface area contributed by atoms with Gasteiger partial charge in [-0.05, 0) is 74.8 Å². The molecule has 1 unspecified atom stereocenters. The minimum absolute atomic E-state index is 0.102. The van der Waals surface area contributed by atoms with E-state index in [2.05, 4.69) is 26.1 Å². The van der Waals surface area contributed by atoms with Gasteiger partial charge in [0.25, 0.3) is 5.91 Å². The van der Waals surface area contributed by atoms with Crippen LogP contribution in [-0.2, 0) is 4.79 Å². The zero-order valence-electron chi connectivity index (χ0n) is 22.9. The van der Waals surface area contributed by atoms with Gasteiger partial charge >= 0.3 is 0 Å². The highest BCUT2D eigenvalue weighted by Crippen LogP contribution is 2.49. The maximum Gasteiger partial charge on any atom is 0.275 e. The van der Waals surface area contributed by atoms with E-state index in [4.69, 9.17) is 33.3 Å². The van der Waals surface area contributed by atoms with E-state index in [1.165, 1.54) is 0 Å². The predicted octanol–water partition coefficient (Wildman–Crippen LogP) is 6.33. The van der Waals surface area contributed by atoms with Crippen molar-refractivity contribution in [3.63, 3.8) is 0 Å². The number of aliphatic hydroxyl groups excluding tert-OH is 1. The molecule has 2 aromatic carbocycles. The zero-order chi connectivity index (χ0) is 28.1. The molecule has 0 aromatic heterocycles. The molecule has 2 N–H and O–H groups in total. The molecule has 206 valence electrons. The van der Waals surface area contributed by atoms with E-state index >= 15 is 0 Å². The number of nitrogens with one attached hydrogen (secondary N) is 1. The van der Waals surface area contributed by atoms with Gasteiger partial charge in [-0.3, -0.25) is 14.6 Å². The molecule has 2 aliphatic rings. The van der Waals surface area contributed by atoms with Gasteiger partial charge in [0.1, 0.15) is 17.7 Å². The summed E-state index contributed by atoms with van der Waals surface area (Å²) in [7, 11) is 1.80.